The summed E-state index contributed by atoms with van der Waals surface area (Å²) in [7, 11) is 8.64. The zero-order valence-corrected chi connectivity index (χ0v) is 20.9. The third kappa shape index (κ3) is 7.24. The summed E-state index contributed by atoms with van der Waals surface area (Å²) in [6.45, 7) is 3.82. The third-order valence-electron chi connectivity index (χ3n) is 4.74. The molecule has 8 heteroatoms. The number of aliphatic imine (C=N–C) groups is 1. The summed E-state index contributed by atoms with van der Waals surface area (Å²) >= 11 is 0. The molecule has 1 unspecified atom stereocenters. The lowest BCUT2D eigenvalue weighted by molar-refractivity contribution is 0.249. The van der Waals surface area contributed by atoms with Crippen molar-refractivity contribution in [3.63, 3.8) is 0 Å². The predicted molar refractivity (Wildman–Crippen MR) is 134 cm³/mol. The van der Waals surface area contributed by atoms with Crippen LogP contribution in [-0.2, 0) is 6.54 Å². The van der Waals surface area contributed by atoms with Gasteiger partial charge in [-0.25, -0.2) is 0 Å². The van der Waals surface area contributed by atoms with E-state index in [0.717, 1.165) is 18.8 Å². The summed E-state index contributed by atoms with van der Waals surface area (Å²) in [5, 5.41) is 6.65. The van der Waals surface area contributed by atoms with Crippen LogP contribution in [0.5, 0.6) is 17.2 Å². The van der Waals surface area contributed by atoms with Crippen molar-refractivity contribution < 1.29 is 14.2 Å². The van der Waals surface area contributed by atoms with Gasteiger partial charge in [-0.15, -0.1) is 24.0 Å². The van der Waals surface area contributed by atoms with Crippen LogP contribution in [-0.4, -0.2) is 58.9 Å². The van der Waals surface area contributed by atoms with E-state index < -0.39 is 0 Å². The average molecular weight is 528 g/mol. The monoisotopic (exact) mass is 528 g/mol. The standard InChI is InChI=1S/C22H32N4O3.HI/c1-16(26(3)15-17-10-8-7-9-11-17)14-24-22(23-2)25-18-12-19(27-4)21(29-6)20(13-18)28-5;/h7-13,16H,14-15H2,1-6H3,(H2,23,24,25);1H. The Bertz CT molecular complexity index is 777. The van der Waals surface area contributed by atoms with Gasteiger partial charge < -0.3 is 24.8 Å². The molecule has 0 fully saturated rings. The SMILES string of the molecule is CN=C(NCC(C)N(C)Cc1ccccc1)Nc1cc(OC)c(OC)c(OC)c1.I. The van der Waals surface area contributed by atoms with Crippen molar-refractivity contribution in [3.05, 3.63) is 48.0 Å². The number of nitrogens with zero attached hydrogens (tertiary/aromatic N) is 2. The Hall–Kier alpha value is -2.20. The highest BCUT2D eigenvalue weighted by Crippen LogP contribution is 2.39. The second kappa shape index (κ2) is 13.2. The van der Waals surface area contributed by atoms with E-state index in [1.807, 2.05) is 18.2 Å². The number of hydrogen-bond acceptors (Lipinski definition) is 5. The van der Waals surface area contributed by atoms with Crippen LogP contribution in [0.2, 0.25) is 0 Å². The summed E-state index contributed by atoms with van der Waals surface area (Å²) in [4.78, 5) is 6.62. The van der Waals surface area contributed by atoms with E-state index >= 15 is 0 Å². The number of benzene rings is 2. The van der Waals surface area contributed by atoms with E-state index in [4.69, 9.17) is 14.2 Å². The van der Waals surface area contributed by atoms with Crippen LogP contribution < -0.4 is 24.8 Å². The molecule has 0 aliphatic heterocycles. The van der Waals surface area contributed by atoms with Gasteiger partial charge >= 0.3 is 0 Å². The average Bonchev–Trinajstić information content (AvgIpc) is 2.76. The fraction of sp³-hybridized carbons (Fsp3) is 0.409. The summed E-state index contributed by atoms with van der Waals surface area (Å²) in [5.41, 5.74) is 2.08. The van der Waals surface area contributed by atoms with Crippen LogP contribution in [0.3, 0.4) is 0 Å². The lowest BCUT2D eigenvalue weighted by Crippen LogP contribution is -2.42. The number of rotatable bonds is 9. The van der Waals surface area contributed by atoms with Crippen molar-refractivity contribution in [3.8, 4) is 17.2 Å². The Morgan fingerprint density at radius 1 is 1.03 bits per heavy atom. The van der Waals surface area contributed by atoms with Gasteiger partial charge in [-0.2, -0.15) is 0 Å². The summed E-state index contributed by atoms with van der Waals surface area (Å²) in [6, 6.07) is 14.5. The van der Waals surface area contributed by atoms with Gasteiger partial charge in [0.1, 0.15) is 0 Å². The second-order valence-corrected chi connectivity index (χ2v) is 6.74. The van der Waals surface area contributed by atoms with Gasteiger partial charge in [-0.05, 0) is 19.5 Å². The van der Waals surface area contributed by atoms with Gasteiger partial charge in [0.15, 0.2) is 17.5 Å². The van der Waals surface area contributed by atoms with E-state index in [0.29, 0.717) is 29.2 Å². The molecular weight excluding hydrogens is 495 g/mol. The molecule has 0 bridgehead atoms. The molecule has 0 saturated heterocycles. The zero-order chi connectivity index (χ0) is 21.2. The van der Waals surface area contributed by atoms with E-state index in [9.17, 15) is 0 Å². The molecule has 166 valence electrons. The van der Waals surface area contributed by atoms with E-state index in [-0.39, 0.29) is 24.0 Å². The molecule has 30 heavy (non-hydrogen) atoms. The zero-order valence-electron chi connectivity index (χ0n) is 18.6. The first kappa shape index (κ1) is 25.8. The van der Waals surface area contributed by atoms with Gasteiger partial charge in [0.2, 0.25) is 5.75 Å². The van der Waals surface area contributed by atoms with Crippen LogP contribution in [0.15, 0.2) is 47.5 Å². The van der Waals surface area contributed by atoms with Crippen LogP contribution in [0.4, 0.5) is 5.69 Å². The normalized spacial score (nSPS) is 12.0. The Kier molecular flexibility index (Phi) is 11.3. The molecule has 0 spiro atoms. The molecule has 0 aliphatic carbocycles. The van der Waals surface area contributed by atoms with Crippen molar-refractivity contribution in [1.82, 2.24) is 10.2 Å². The molecule has 0 aromatic heterocycles. The number of nitrogens with one attached hydrogen (secondary N) is 2. The Morgan fingerprint density at radius 3 is 2.13 bits per heavy atom. The van der Waals surface area contributed by atoms with Crippen molar-refractivity contribution >= 4 is 35.6 Å². The minimum Gasteiger partial charge on any atom is -0.493 e. The largest absolute Gasteiger partial charge is 0.493 e. The molecule has 0 amide bonds. The smallest absolute Gasteiger partial charge is 0.203 e. The summed E-state index contributed by atoms with van der Waals surface area (Å²) in [6.07, 6.45) is 0. The third-order valence-corrected chi connectivity index (χ3v) is 4.74. The number of hydrogen-bond donors (Lipinski definition) is 2. The quantitative estimate of drug-likeness (QED) is 0.293. The molecule has 0 aliphatic rings. The van der Waals surface area contributed by atoms with Crippen molar-refractivity contribution in [2.75, 3.05) is 47.3 Å². The summed E-state index contributed by atoms with van der Waals surface area (Å²) < 4.78 is 16.2. The molecule has 1 atom stereocenters. The topological polar surface area (TPSA) is 67.4 Å². The molecule has 2 N–H and O–H groups in total. The van der Waals surface area contributed by atoms with Crippen molar-refractivity contribution in [1.29, 1.82) is 0 Å². The minimum atomic E-state index is 0. The maximum absolute atomic E-state index is 5.41. The van der Waals surface area contributed by atoms with Gasteiger partial charge in [0, 0.05) is 44.0 Å². The first-order valence-electron chi connectivity index (χ1n) is 9.54. The highest BCUT2D eigenvalue weighted by molar-refractivity contribution is 14.0. The Labute approximate surface area is 196 Å². The molecule has 0 saturated carbocycles. The molecule has 2 aromatic rings. The minimum absolute atomic E-state index is 0. The van der Waals surface area contributed by atoms with Crippen LogP contribution >= 0.6 is 24.0 Å². The number of ether oxygens (including phenoxy) is 3. The number of anilines is 1. The molecular formula is C22H33IN4O3. The molecule has 0 radical (unpaired) electrons. The lowest BCUT2D eigenvalue weighted by Gasteiger charge is -2.26. The number of likely N-dealkylation sites (N-methyl/N-ethyl adjacent to an activating group) is 1. The van der Waals surface area contributed by atoms with Gasteiger partial charge in [0.25, 0.3) is 0 Å². The van der Waals surface area contributed by atoms with Crippen LogP contribution in [0.25, 0.3) is 0 Å². The lowest BCUT2D eigenvalue weighted by atomic mass is 10.2. The maximum Gasteiger partial charge on any atom is 0.203 e. The number of halogens is 1. The van der Waals surface area contributed by atoms with Gasteiger partial charge in [-0.1, -0.05) is 30.3 Å². The van der Waals surface area contributed by atoms with Crippen LogP contribution in [0.1, 0.15) is 12.5 Å². The van der Waals surface area contributed by atoms with Gasteiger partial charge in [-0.3, -0.25) is 9.89 Å². The second-order valence-electron chi connectivity index (χ2n) is 6.74. The molecule has 0 heterocycles. The van der Waals surface area contributed by atoms with Crippen LogP contribution in [0, 0.1) is 0 Å². The predicted octanol–water partition coefficient (Wildman–Crippen LogP) is 3.84. The van der Waals surface area contributed by atoms with E-state index in [1.54, 1.807) is 28.4 Å². The number of guanidine groups is 1. The van der Waals surface area contributed by atoms with Gasteiger partial charge in [0.05, 0.1) is 21.3 Å². The van der Waals surface area contributed by atoms with E-state index in [2.05, 4.69) is 58.8 Å². The highest BCUT2D eigenvalue weighted by atomic mass is 127. The van der Waals surface area contributed by atoms with Crippen molar-refractivity contribution in [2.24, 2.45) is 4.99 Å². The Morgan fingerprint density at radius 2 is 1.63 bits per heavy atom. The fourth-order valence-corrected chi connectivity index (χ4v) is 2.90. The summed E-state index contributed by atoms with van der Waals surface area (Å²) in [5.74, 6) is 2.39. The first-order valence-corrected chi connectivity index (χ1v) is 9.54. The van der Waals surface area contributed by atoms with Crippen molar-refractivity contribution in [2.45, 2.75) is 19.5 Å². The number of methoxy groups -OCH3 is 3. The molecule has 2 aromatic carbocycles. The Balaban J connectivity index is 0.00000450. The highest BCUT2D eigenvalue weighted by Gasteiger charge is 2.15. The molecule has 2 rings (SSSR count). The first-order chi connectivity index (χ1) is 14.0. The maximum atomic E-state index is 5.41. The van der Waals surface area contributed by atoms with E-state index in [1.165, 1.54) is 5.56 Å². The molecule has 7 nitrogen and oxygen atoms in total. The fourth-order valence-electron chi connectivity index (χ4n) is 2.90.